The van der Waals surface area contributed by atoms with Crippen LogP contribution < -0.4 is 4.74 Å². The third kappa shape index (κ3) is 4.23. The van der Waals surface area contributed by atoms with Gasteiger partial charge in [0.15, 0.2) is 0 Å². The van der Waals surface area contributed by atoms with Crippen molar-refractivity contribution in [2.75, 3.05) is 6.61 Å². The molecule has 0 aliphatic carbocycles. The molecule has 2 aromatic rings. The molecule has 3 nitrogen and oxygen atoms in total. The van der Waals surface area contributed by atoms with E-state index in [1.165, 1.54) is 19.8 Å². The van der Waals surface area contributed by atoms with Gasteiger partial charge in [0.05, 0.1) is 6.61 Å². The molecule has 0 aliphatic rings. The number of fused-ring (bicyclic) bond motifs is 1. The highest BCUT2D eigenvalue weighted by Crippen LogP contribution is 2.29. The predicted octanol–water partition coefficient (Wildman–Crippen LogP) is 5.03. The van der Waals surface area contributed by atoms with E-state index in [0.29, 0.717) is 0 Å². The molecule has 0 spiro atoms. The van der Waals surface area contributed by atoms with Gasteiger partial charge < -0.3 is 9.47 Å². The molecule has 2 aromatic carbocycles. The van der Waals surface area contributed by atoms with Crippen molar-refractivity contribution >= 4 is 16.7 Å². The van der Waals surface area contributed by atoms with Gasteiger partial charge in [0.25, 0.3) is 0 Å². The molecule has 0 saturated heterocycles. The number of benzene rings is 2. The first-order valence-corrected chi connectivity index (χ1v) is 7.94. The highest BCUT2D eigenvalue weighted by molar-refractivity contribution is 5.87. The molecule has 1 atom stereocenters. The topological polar surface area (TPSA) is 35.5 Å². The van der Waals surface area contributed by atoms with Crippen LogP contribution in [0.1, 0.15) is 51.7 Å². The minimum atomic E-state index is -0.267. The van der Waals surface area contributed by atoms with Crippen LogP contribution in [-0.4, -0.2) is 12.6 Å². The molecule has 0 aromatic heterocycles. The molecule has 1 unspecified atom stereocenters. The molecule has 0 aliphatic heterocycles. The number of esters is 1. The Morgan fingerprint density at radius 2 is 2.00 bits per heavy atom. The number of carbonyl (C=O) groups excluding carboxylic acids is 1. The fourth-order valence-electron chi connectivity index (χ4n) is 2.57. The normalized spacial score (nSPS) is 12.1. The van der Waals surface area contributed by atoms with E-state index in [1.807, 2.05) is 31.2 Å². The zero-order chi connectivity index (χ0) is 15.9. The Morgan fingerprint density at radius 3 is 2.73 bits per heavy atom. The number of ether oxygens (including phenoxy) is 2. The van der Waals surface area contributed by atoms with Crippen LogP contribution >= 0.6 is 0 Å². The van der Waals surface area contributed by atoms with Crippen LogP contribution in [0, 0.1) is 0 Å². The third-order valence-electron chi connectivity index (χ3n) is 3.68. The summed E-state index contributed by atoms with van der Waals surface area (Å²) >= 11 is 0. The summed E-state index contributed by atoms with van der Waals surface area (Å²) in [5.74, 6) is 0.600. The lowest BCUT2D eigenvalue weighted by Gasteiger charge is -2.15. The molecule has 0 heterocycles. The van der Waals surface area contributed by atoms with Crippen molar-refractivity contribution < 1.29 is 14.3 Å². The molecule has 0 amide bonds. The largest absolute Gasteiger partial charge is 0.494 e. The van der Waals surface area contributed by atoms with Crippen LogP contribution in [-0.2, 0) is 9.53 Å². The average Bonchev–Trinajstić information content (AvgIpc) is 2.50. The van der Waals surface area contributed by atoms with Gasteiger partial charge >= 0.3 is 5.97 Å². The zero-order valence-electron chi connectivity index (χ0n) is 13.6. The summed E-state index contributed by atoms with van der Waals surface area (Å²) in [7, 11) is 0. The first-order valence-electron chi connectivity index (χ1n) is 7.94. The van der Waals surface area contributed by atoms with E-state index in [4.69, 9.17) is 9.47 Å². The molecule has 22 heavy (non-hydrogen) atoms. The third-order valence-corrected chi connectivity index (χ3v) is 3.68. The molecule has 118 valence electrons. The maximum absolute atomic E-state index is 11.2. The SMILES string of the molecule is CCCCCOc1ccc2cccc(C(C)OC(C)=O)c2c1. The van der Waals surface area contributed by atoms with Gasteiger partial charge in [0.2, 0.25) is 0 Å². The molecule has 0 N–H and O–H groups in total. The zero-order valence-corrected chi connectivity index (χ0v) is 13.6. The van der Waals surface area contributed by atoms with E-state index < -0.39 is 0 Å². The van der Waals surface area contributed by atoms with Crippen LogP contribution in [0.2, 0.25) is 0 Å². The molecule has 0 radical (unpaired) electrons. The fraction of sp³-hybridized carbons (Fsp3) is 0.421. The van der Waals surface area contributed by atoms with Crippen molar-refractivity contribution in [2.45, 2.75) is 46.1 Å². The van der Waals surface area contributed by atoms with Crippen molar-refractivity contribution in [3.8, 4) is 5.75 Å². The molecule has 0 bridgehead atoms. The summed E-state index contributed by atoms with van der Waals surface area (Å²) in [4.78, 5) is 11.2. The smallest absolute Gasteiger partial charge is 0.303 e. The summed E-state index contributed by atoms with van der Waals surface area (Å²) in [5.41, 5.74) is 1.01. The van der Waals surface area contributed by atoms with Crippen LogP contribution in [0.5, 0.6) is 5.75 Å². The van der Waals surface area contributed by atoms with Gasteiger partial charge in [-0.25, -0.2) is 0 Å². The van der Waals surface area contributed by atoms with Crippen molar-refractivity contribution in [2.24, 2.45) is 0 Å². The Labute approximate surface area is 132 Å². The van der Waals surface area contributed by atoms with Crippen molar-refractivity contribution in [3.05, 3.63) is 42.0 Å². The molecular formula is C19H24O3. The molecular weight excluding hydrogens is 276 g/mol. The maximum atomic E-state index is 11.2. The Balaban J connectivity index is 2.23. The number of hydrogen-bond donors (Lipinski definition) is 0. The van der Waals surface area contributed by atoms with Gasteiger partial charge in [-0.3, -0.25) is 4.79 Å². The molecule has 0 saturated carbocycles. The van der Waals surface area contributed by atoms with Crippen LogP contribution in [0.4, 0.5) is 0 Å². The Bertz CT molecular complexity index is 634. The Morgan fingerprint density at radius 1 is 1.18 bits per heavy atom. The number of rotatable bonds is 7. The average molecular weight is 300 g/mol. The highest BCUT2D eigenvalue weighted by atomic mass is 16.5. The summed E-state index contributed by atoms with van der Waals surface area (Å²) in [6.07, 6.45) is 3.17. The Hall–Kier alpha value is -2.03. The van der Waals surface area contributed by atoms with E-state index in [0.717, 1.165) is 35.1 Å². The summed E-state index contributed by atoms with van der Waals surface area (Å²) in [6, 6.07) is 12.1. The first kappa shape index (κ1) is 16.3. The number of carbonyl (C=O) groups is 1. The lowest BCUT2D eigenvalue weighted by molar-refractivity contribution is -0.145. The van der Waals surface area contributed by atoms with Gasteiger partial charge in [-0.05, 0) is 36.2 Å². The lowest BCUT2D eigenvalue weighted by Crippen LogP contribution is -2.05. The number of unbranched alkanes of at least 4 members (excludes halogenated alkanes) is 2. The van der Waals surface area contributed by atoms with Gasteiger partial charge in [-0.15, -0.1) is 0 Å². The van der Waals surface area contributed by atoms with Crippen molar-refractivity contribution in [1.82, 2.24) is 0 Å². The predicted molar refractivity (Wildman–Crippen MR) is 89.1 cm³/mol. The lowest BCUT2D eigenvalue weighted by atomic mass is 10.0. The van der Waals surface area contributed by atoms with E-state index in [9.17, 15) is 4.79 Å². The Kier molecular flexibility index (Phi) is 5.82. The standard InChI is InChI=1S/C19H24O3/c1-4-5-6-12-21-17-11-10-16-8-7-9-18(19(16)13-17)14(2)22-15(3)20/h7-11,13-14H,4-6,12H2,1-3H3. The first-order chi connectivity index (χ1) is 10.6. The second-order valence-electron chi connectivity index (χ2n) is 5.54. The summed E-state index contributed by atoms with van der Waals surface area (Å²) in [5, 5.41) is 2.20. The van der Waals surface area contributed by atoms with E-state index in [-0.39, 0.29) is 12.1 Å². The second kappa shape index (κ2) is 7.83. The highest BCUT2D eigenvalue weighted by Gasteiger charge is 2.12. The van der Waals surface area contributed by atoms with Gasteiger partial charge in [-0.2, -0.15) is 0 Å². The summed E-state index contributed by atoms with van der Waals surface area (Å²) in [6.45, 7) is 6.24. The van der Waals surface area contributed by atoms with Gasteiger partial charge in [0, 0.05) is 12.5 Å². The van der Waals surface area contributed by atoms with Crippen molar-refractivity contribution in [3.63, 3.8) is 0 Å². The van der Waals surface area contributed by atoms with E-state index in [2.05, 4.69) is 19.1 Å². The number of hydrogen-bond acceptors (Lipinski definition) is 3. The van der Waals surface area contributed by atoms with Crippen LogP contribution in [0.15, 0.2) is 36.4 Å². The quantitative estimate of drug-likeness (QED) is 0.531. The molecule has 2 rings (SSSR count). The van der Waals surface area contributed by atoms with Crippen molar-refractivity contribution in [1.29, 1.82) is 0 Å². The monoisotopic (exact) mass is 300 g/mol. The van der Waals surface area contributed by atoms with E-state index >= 15 is 0 Å². The van der Waals surface area contributed by atoms with E-state index in [1.54, 1.807) is 0 Å². The fourth-order valence-corrected chi connectivity index (χ4v) is 2.57. The van der Waals surface area contributed by atoms with Crippen LogP contribution in [0.3, 0.4) is 0 Å². The minimum absolute atomic E-state index is 0.267. The second-order valence-corrected chi connectivity index (χ2v) is 5.54. The van der Waals surface area contributed by atoms with Crippen LogP contribution in [0.25, 0.3) is 10.8 Å². The minimum Gasteiger partial charge on any atom is -0.494 e. The maximum Gasteiger partial charge on any atom is 0.303 e. The van der Waals surface area contributed by atoms with Gasteiger partial charge in [-0.1, -0.05) is 44.0 Å². The molecule has 3 heteroatoms. The summed E-state index contributed by atoms with van der Waals surface area (Å²) < 4.78 is 11.1. The van der Waals surface area contributed by atoms with Gasteiger partial charge in [0.1, 0.15) is 11.9 Å². The molecule has 0 fully saturated rings.